The van der Waals surface area contributed by atoms with E-state index in [9.17, 15) is 0 Å². The first-order chi connectivity index (χ1) is 9.34. The van der Waals surface area contributed by atoms with Crippen molar-refractivity contribution in [3.05, 3.63) is 41.5 Å². The van der Waals surface area contributed by atoms with E-state index in [1.807, 2.05) is 0 Å². The molecule has 2 nitrogen and oxygen atoms in total. The largest absolute Gasteiger partial charge is 0.313 e. The summed E-state index contributed by atoms with van der Waals surface area (Å²) in [5.41, 5.74) is 2.69. The molecule has 0 bridgehead atoms. The van der Waals surface area contributed by atoms with E-state index in [4.69, 9.17) is 0 Å². The molecule has 19 heavy (non-hydrogen) atoms. The van der Waals surface area contributed by atoms with Crippen molar-refractivity contribution in [1.82, 2.24) is 10.2 Å². The van der Waals surface area contributed by atoms with Gasteiger partial charge in [-0.2, -0.15) is 0 Å². The van der Waals surface area contributed by atoms with E-state index >= 15 is 0 Å². The standard InChI is InChI=1S/C17H26N2/c1-16(14-17-8-3-2-4-9-17)15-18-10-7-13-19-11-5-6-12-19/h2-4,8-9,14,18H,5-7,10-13,15H2,1H3/b16-14+. The maximum atomic E-state index is 3.53. The molecule has 2 rings (SSSR count). The summed E-state index contributed by atoms with van der Waals surface area (Å²) < 4.78 is 0. The molecule has 1 N–H and O–H groups in total. The molecule has 0 unspecified atom stereocenters. The molecule has 1 aromatic carbocycles. The minimum absolute atomic E-state index is 0.995. The zero-order valence-electron chi connectivity index (χ0n) is 12.1. The van der Waals surface area contributed by atoms with Crippen molar-refractivity contribution in [2.75, 3.05) is 32.7 Å². The summed E-state index contributed by atoms with van der Waals surface area (Å²) in [7, 11) is 0. The van der Waals surface area contributed by atoms with Gasteiger partial charge in [-0.25, -0.2) is 0 Å². The Morgan fingerprint density at radius 3 is 2.68 bits per heavy atom. The number of rotatable bonds is 7. The van der Waals surface area contributed by atoms with Crippen LogP contribution in [0, 0.1) is 0 Å². The zero-order chi connectivity index (χ0) is 13.3. The van der Waals surface area contributed by atoms with Crippen LogP contribution in [-0.2, 0) is 0 Å². The third-order valence-corrected chi connectivity index (χ3v) is 3.64. The van der Waals surface area contributed by atoms with Gasteiger partial charge >= 0.3 is 0 Å². The molecular formula is C17H26N2. The summed E-state index contributed by atoms with van der Waals surface area (Å²) in [5.74, 6) is 0. The molecule has 0 atom stereocenters. The lowest BCUT2D eigenvalue weighted by molar-refractivity contribution is 0.332. The minimum Gasteiger partial charge on any atom is -0.313 e. The lowest BCUT2D eigenvalue weighted by atomic mass is 10.1. The first-order valence-corrected chi connectivity index (χ1v) is 7.50. The van der Waals surface area contributed by atoms with Gasteiger partial charge in [-0.15, -0.1) is 0 Å². The Morgan fingerprint density at radius 1 is 1.21 bits per heavy atom. The molecule has 0 aromatic heterocycles. The highest BCUT2D eigenvalue weighted by molar-refractivity contribution is 5.52. The second-order valence-electron chi connectivity index (χ2n) is 5.48. The topological polar surface area (TPSA) is 15.3 Å². The van der Waals surface area contributed by atoms with Crippen LogP contribution in [0.2, 0.25) is 0 Å². The van der Waals surface area contributed by atoms with E-state index < -0.39 is 0 Å². The van der Waals surface area contributed by atoms with Crippen molar-refractivity contribution in [1.29, 1.82) is 0 Å². The maximum absolute atomic E-state index is 3.53. The molecule has 0 saturated carbocycles. The second kappa shape index (κ2) is 8.13. The quantitative estimate of drug-likeness (QED) is 0.756. The van der Waals surface area contributed by atoms with E-state index in [0.717, 1.165) is 13.1 Å². The van der Waals surface area contributed by atoms with Gasteiger partial charge in [-0.05, 0) is 57.9 Å². The lowest BCUT2D eigenvalue weighted by Crippen LogP contribution is -2.25. The van der Waals surface area contributed by atoms with Crippen LogP contribution >= 0.6 is 0 Å². The van der Waals surface area contributed by atoms with Crippen LogP contribution in [0.5, 0.6) is 0 Å². The fraction of sp³-hybridized carbons (Fsp3) is 0.529. The summed E-state index contributed by atoms with van der Waals surface area (Å²) in [4.78, 5) is 2.58. The molecule has 1 aromatic rings. The Balaban J connectivity index is 1.58. The highest BCUT2D eigenvalue weighted by atomic mass is 15.1. The number of hydrogen-bond donors (Lipinski definition) is 1. The predicted molar refractivity (Wildman–Crippen MR) is 83.3 cm³/mol. The first-order valence-electron chi connectivity index (χ1n) is 7.50. The molecule has 1 aliphatic rings. The van der Waals surface area contributed by atoms with Crippen LogP contribution in [0.4, 0.5) is 0 Å². The zero-order valence-corrected chi connectivity index (χ0v) is 12.1. The highest BCUT2D eigenvalue weighted by Crippen LogP contribution is 2.07. The molecule has 1 fully saturated rings. The molecule has 104 valence electrons. The van der Waals surface area contributed by atoms with Gasteiger partial charge in [0.15, 0.2) is 0 Å². The van der Waals surface area contributed by atoms with Gasteiger partial charge < -0.3 is 10.2 Å². The molecule has 0 spiro atoms. The smallest absolute Gasteiger partial charge is 0.0165 e. The lowest BCUT2D eigenvalue weighted by Gasteiger charge is -2.14. The highest BCUT2D eigenvalue weighted by Gasteiger charge is 2.09. The third-order valence-electron chi connectivity index (χ3n) is 3.64. The van der Waals surface area contributed by atoms with Crippen LogP contribution < -0.4 is 5.32 Å². The molecule has 0 aliphatic carbocycles. The average molecular weight is 258 g/mol. The van der Waals surface area contributed by atoms with E-state index in [0.29, 0.717) is 0 Å². The molecule has 0 radical (unpaired) electrons. The normalized spacial score (nSPS) is 17.0. The van der Waals surface area contributed by atoms with Crippen LogP contribution in [0.1, 0.15) is 31.7 Å². The van der Waals surface area contributed by atoms with Crippen LogP contribution in [0.3, 0.4) is 0 Å². The molecule has 1 aliphatic heterocycles. The molecule has 1 heterocycles. The Labute approximate surface area is 117 Å². The van der Waals surface area contributed by atoms with Crippen molar-refractivity contribution in [3.8, 4) is 0 Å². The SMILES string of the molecule is C/C(=C\c1ccccc1)CNCCCN1CCCC1. The van der Waals surface area contributed by atoms with Crippen LogP contribution in [0.25, 0.3) is 6.08 Å². The minimum atomic E-state index is 0.995. The Hall–Kier alpha value is -1.12. The fourth-order valence-corrected chi connectivity index (χ4v) is 2.60. The van der Waals surface area contributed by atoms with Gasteiger partial charge in [0.05, 0.1) is 0 Å². The first kappa shape index (κ1) is 14.3. The van der Waals surface area contributed by atoms with Crippen LogP contribution in [-0.4, -0.2) is 37.6 Å². The van der Waals surface area contributed by atoms with Gasteiger partial charge in [0, 0.05) is 6.54 Å². The fourth-order valence-electron chi connectivity index (χ4n) is 2.60. The molecular weight excluding hydrogens is 232 g/mol. The Morgan fingerprint density at radius 2 is 1.95 bits per heavy atom. The molecule has 2 heteroatoms. The van der Waals surface area contributed by atoms with Crippen molar-refractivity contribution >= 4 is 6.08 Å². The maximum Gasteiger partial charge on any atom is 0.0165 e. The predicted octanol–water partition coefficient (Wildman–Crippen LogP) is 3.17. The molecule has 0 amide bonds. The summed E-state index contributed by atoms with van der Waals surface area (Å²) in [6.07, 6.45) is 6.31. The third kappa shape index (κ3) is 5.58. The monoisotopic (exact) mass is 258 g/mol. The summed E-state index contributed by atoms with van der Waals surface area (Å²) in [5, 5.41) is 3.53. The summed E-state index contributed by atoms with van der Waals surface area (Å²) >= 11 is 0. The van der Waals surface area contributed by atoms with Gasteiger partial charge in [0.25, 0.3) is 0 Å². The van der Waals surface area contributed by atoms with Crippen LogP contribution in [0.15, 0.2) is 35.9 Å². The van der Waals surface area contributed by atoms with E-state index in [1.54, 1.807) is 0 Å². The number of hydrogen-bond acceptors (Lipinski definition) is 2. The van der Waals surface area contributed by atoms with Gasteiger partial charge in [0.2, 0.25) is 0 Å². The number of nitrogens with zero attached hydrogens (tertiary/aromatic N) is 1. The van der Waals surface area contributed by atoms with E-state index in [2.05, 4.69) is 53.5 Å². The van der Waals surface area contributed by atoms with Gasteiger partial charge in [0.1, 0.15) is 0 Å². The Bertz CT molecular complexity index is 378. The number of nitrogens with one attached hydrogen (secondary N) is 1. The molecule has 1 saturated heterocycles. The second-order valence-corrected chi connectivity index (χ2v) is 5.48. The van der Waals surface area contributed by atoms with Crippen molar-refractivity contribution < 1.29 is 0 Å². The van der Waals surface area contributed by atoms with Crippen molar-refractivity contribution in [2.45, 2.75) is 26.2 Å². The van der Waals surface area contributed by atoms with Gasteiger partial charge in [-0.3, -0.25) is 0 Å². The number of likely N-dealkylation sites (tertiary alicyclic amines) is 1. The van der Waals surface area contributed by atoms with E-state index in [1.165, 1.54) is 50.0 Å². The summed E-state index contributed by atoms with van der Waals surface area (Å²) in [6.45, 7) is 8.19. The van der Waals surface area contributed by atoms with Crippen molar-refractivity contribution in [2.24, 2.45) is 0 Å². The van der Waals surface area contributed by atoms with Crippen molar-refractivity contribution in [3.63, 3.8) is 0 Å². The van der Waals surface area contributed by atoms with E-state index in [-0.39, 0.29) is 0 Å². The summed E-state index contributed by atoms with van der Waals surface area (Å²) in [6, 6.07) is 10.5. The van der Waals surface area contributed by atoms with Gasteiger partial charge in [-0.1, -0.05) is 42.0 Å². The average Bonchev–Trinajstić information content (AvgIpc) is 2.92. The Kier molecular flexibility index (Phi) is 6.12. The number of benzene rings is 1.